The van der Waals surface area contributed by atoms with Gasteiger partial charge in [0.2, 0.25) is 14.1 Å². The van der Waals surface area contributed by atoms with Crippen LogP contribution in [0.3, 0.4) is 0 Å². The van der Waals surface area contributed by atoms with Gasteiger partial charge in [-0.15, -0.1) is 10.2 Å². The normalized spacial score (nSPS) is 14.7. The molecule has 1 aliphatic heterocycles. The fraction of sp³-hybridized carbons (Fsp3) is 0.312. The molecule has 0 spiro atoms. The Kier molecular flexibility index (Phi) is 6.24. The minimum absolute atomic E-state index is 0.326. The highest BCUT2D eigenvalue weighted by Crippen LogP contribution is 2.29. The van der Waals surface area contributed by atoms with E-state index in [9.17, 15) is 4.79 Å². The lowest BCUT2D eigenvalue weighted by atomic mass is 10.00. The number of nitrogens with zero attached hydrogens (tertiary/aromatic N) is 3. The standard InChI is InChI=1S/C16H15Cl3N4O2S/c17-16(18,19)10-25-15(24)20-13-21-22-14(26-13)23-8-6-12(7-9-23)11-4-2-1-3-5-11/h1-6H,7-10H2,(H,20,21,24). The van der Waals surface area contributed by atoms with Gasteiger partial charge in [-0.3, -0.25) is 5.32 Å². The van der Waals surface area contributed by atoms with Crippen LogP contribution in [0.1, 0.15) is 12.0 Å². The van der Waals surface area contributed by atoms with E-state index < -0.39 is 9.89 Å². The third-order valence-electron chi connectivity index (χ3n) is 3.61. The molecule has 0 atom stereocenters. The van der Waals surface area contributed by atoms with Gasteiger partial charge in [-0.1, -0.05) is 82.5 Å². The molecule has 0 saturated heterocycles. The van der Waals surface area contributed by atoms with Gasteiger partial charge in [0.05, 0.1) is 0 Å². The van der Waals surface area contributed by atoms with Crippen molar-refractivity contribution < 1.29 is 9.53 Å². The molecule has 0 saturated carbocycles. The Bertz CT molecular complexity index is 792. The average molecular weight is 434 g/mol. The van der Waals surface area contributed by atoms with Crippen molar-refractivity contribution in [3.63, 3.8) is 0 Å². The predicted molar refractivity (Wildman–Crippen MR) is 106 cm³/mol. The van der Waals surface area contributed by atoms with Gasteiger partial charge in [0.15, 0.2) is 0 Å². The summed E-state index contributed by atoms with van der Waals surface area (Å²) in [7, 11) is 0. The number of nitrogens with one attached hydrogen (secondary N) is 1. The zero-order chi connectivity index (χ0) is 18.6. The van der Waals surface area contributed by atoms with Crippen molar-refractivity contribution in [2.75, 3.05) is 29.9 Å². The Morgan fingerprint density at radius 2 is 2.04 bits per heavy atom. The monoisotopic (exact) mass is 432 g/mol. The maximum Gasteiger partial charge on any atom is 0.413 e. The van der Waals surface area contributed by atoms with Gasteiger partial charge in [0.1, 0.15) is 6.61 Å². The molecule has 0 radical (unpaired) electrons. The number of halogens is 3. The van der Waals surface area contributed by atoms with E-state index in [1.165, 1.54) is 22.5 Å². The average Bonchev–Trinajstić information content (AvgIpc) is 3.09. The lowest BCUT2D eigenvalue weighted by Crippen LogP contribution is -2.28. The van der Waals surface area contributed by atoms with Crippen LogP contribution in [0.4, 0.5) is 15.1 Å². The number of aromatic nitrogens is 2. The predicted octanol–water partition coefficient (Wildman–Crippen LogP) is 4.75. The van der Waals surface area contributed by atoms with Crippen LogP contribution in [0, 0.1) is 0 Å². The molecule has 0 unspecified atom stereocenters. The number of carbonyl (C=O) groups is 1. The van der Waals surface area contributed by atoms with E-state index in [-0.39, 0.29) is 6.61 Å². The lowest BCUT2D eigenvalue weighted by molar-refractivity contribution is 0.164. The molecule has 1 N–H and O–H groups in total. The zero-order valence-corrected chi connectivity index (χ0v) is 16.6. The Morgan fingerprint density at radius 3 is 2.69 bits per heavy atom. The maximum atomic E-state index is 11.7. The molecule has 3 rings (SSSR count). The molecule has 1 amide bonds. The van der Waals surface area contributed by atoms with Crippen LogP contribution in [0.15, 0.2) is 36.4 Å². The van der Waals surface area contributed by atoms with Crippen molar-refractivity contribution >= 4 is 68.1 Å². The smallest absolute Gasteiger partial charge is 0.413 e. The summed E-state index contributed by atoms with van der Waals surface area (Å²) < 4.78 is 3.15. The molecule has 2 aromatic rings. The summed E-state index contributed by atoms with van der Waals surface area (Å²) in [5.41, 5.74) is 2.56. The van der Waals surface area contributed by atoms with Gasteiger partial charge < -0.3 is 9.64 Å². The number of rotatable bonds is 4. The molecular weight excluding hydrogens is 419 g/mol. The molecule has 1 aliphatic rings. The molecule has 10 heteroatoms. The molecule has 26 heavy (non-hydrogen) atoms. The van der Waals surface area contributed by atoms with Gasteiger partial charge in [0, 0.05) is 13.1 Å². The highest BCUT2D eigenvalue weighted by atomic mass is 35.6. The SMILES string of the molecule is O=C(Nc1nnc(N2CC=C(c3ccccc3)CC2)s1)OCC(Cl)(Cl)Cl. The number of alkyl halides is 3. The van der Waals surface area contributed by atoms with Crippen LogP contribution >= 0.6 is 46.1 Å². The van der Waals surface area contributed by atoms with Crippen molar-refractivity contribution in [3.8, 4) is 0 Å². The molecule has 2 heterocycles. The molecule has 1 aromatic heterocycles. The Morgan fingerprint density at radius 1 is 1.27 bits per heavy atom. The highest BCUT2D eigenvalue weighted by molar-refractivity contribution is 7.19. The first kappa shape index (κ1) is 19.2. The summed E-state index contributed by atoms with van der Waals surface area (Å²) in [6.45, 7) is 1.21. The number of amides is 1. The number of benzene rings is 1. The van der Waals surface area contributed by atoms with Gasteiger partial charge in [-0.2, -0.15) is 0 Å². The zero-order valence-electron chi connectivity index (χ0n) is 13.5. The summed E-state index contributed by atoms with van der Waals surface area (Å²) >= 11 is 17.9. The van der Waals surface area contributed by atoms with Crippen molar-refractivity contribution in [2.45, 2.75) is 10.2 Å². The molecule has 0 aliphatic carbocycles. The summed E-state index contributed by atoms with van der Waals surface area (Å²) in [6.07, 6.45) is 2.35. The van der Waals surface area contributed by atoms with E-state index in [0.717, 1.165) is 24.6 Å². The van der Waals surface area contributed by atoms with Crippen molar-refractivity contribution in [1.29, 1.82) is 0 Å². The van der Waals surface area contributed by atoms with E-state index in [1.54, 1.807) is 0 Å². The van der Waals surface area contributed by atoms with E-state index in [4.69, 9.17) is 39.5 Å². The van der Waals surface area contributed by atoms with E-state index in [1.807, 2.05) is 18.2 Å². The summed E-state index contributed by atoms with van der Waals surface area (Å²) in [5, 5.41) is 11.6. The van der Waals surface area contributed by atoms with Crippen molar-refractivity contribution in [3.05, 3.63) is 42.0 Å². The van der Waals surface area contributed by atoms with Crippen molar-refractivity contribution in [1.82, 2.24) is 10.2 Å². The first-order chi connectivity index (χ1) is 12.4. The Hall–Kier alpha value is -1.54. The molecule has 1 aromatic carbocycles. The van der Waals surface area contributed by atoms with E-state index in [2.05, 4.69) is 38.6 Å². The Labute approximate surface area is 169 Å². The van der Waals surface area contributed by atoms with Crippen LogP contribution < -0.4 is 10.2 Å². The van der Waals surface area contributed by atoms with E-state index in [0.29, 0.717) is 5.13 Å². The molecule has 138 valence electrons. The fourth-order valence-electron chi connectivity index (χ4n) is 2.42. The van der Waals surface area contributed by atoms with Gasteiger partial charge >= 0.3 is 6.09 Å². The second-order valence-corrected chi connectivity index (χ2v) is 8.97. The van der Waals surface area contributed by atoms with Crippen LogP contribution in [0.5, 0.6) is 0 Å². The van der Waals surface area contributed by atoms with Crippen molar-refractivity contribution in [2.24, 2.45) is 0 Å². The number of carbonyl (C=O) groups excluding carboxylic acids is 1. The number of anilines is 2. The molecule has 0 fully saturated rings. The molecule has 0 bridgehead atoms. The second kappa shape index (κ2) is 8.43. The summed E-state index contributed by atoms with van der Waals surface area (Å²) in [5.74, 6) is 0. The Balaban J connectivity index is 1.56. The molecule has 6 nitrogen and oxygen atoms in total. The van der Waals surface area contributed by atoms with Crippen LogP contribution in [0.2, 0.25) is 0 Å². The summed E-state index contributed by atoms with van der Waals surface area (Å²) in [4.78, 5) is 13.8. The van der Waals surface area contributed by atoms with Gasteiger partial charge in [-0.25, -0.2) is 4.79 Å². The van der Waals surface area contributed by atoms with E-state index >= 15 is 0 Å². The van der Waals surface area contributed by atoms with Gasteiger partial charge in [0.25, 0.3) is 0 Å². The van der Waals surface area contributed by atoms with Crippen LogP contribution in [0.25, 0.3) is 5.57 Å². The topological polar surface area (TPSA) is 67.4 Å². The molecular formula is C16H15Cl3N4O2S. The maximum absolute atomic E-state index is 11.7. The highest BCUT2D eigenvalue weighted by Gasteiger charge is 2.23. The first-order valence-electron chi connectivity index (χ1n) is 7.74. The lowest BCUT2D eigenvalue weighted by Gasteiger charge is -2.25. The number of ether oxygens (including phenoxy) is 1. The minimum Gasteiger partial charge on any atom is -0.445 e. The van der Waals surface area contributed by atoms with Crippen LogP contribution in [-0.4, -0.2) is 39.8 Å². The fourth-order valence-corrected chi connectivity index (χ4v) is 3.35. The quantitative estimate of drug-likeness (QED) is 0.705. The summed E-state index contributed by atoms with van der Waals surface area (Å²) in [6, 6.07) is 10.3. The third-order valence-corrected chi connectivity index (χ3v) is 4.84. The van der Waals surface area contributed by atoms with Crippen LogP contribution in [-0.2, 0) is 4.74 Å². The number of hydrogen-bond acceptors (Lipinski definition) is 6. The minimum atomic E-state index is -1.65. The third kappa shape index (κ3) is 5.48. The second-order valence-electron chi connectivity index (χ2n) is 5.50. The number of hydrogen-bond donors (Lipinski definition) is 1. The largest absolute Gasteiger partial charge is 0.445 e. The van der Waals surface area contributed by atoms with Gasteiger partial charge in [-0.05, 0) is 17.6 Å². The first-order valence-corrected chi connectivity index (χ1v) is 9.69.